The quantitative estimate of drug-likeness (QED) is 0.193. The van der Waals surface area contributed by atoms with Crippen LogP contribution in [0.1, 0.15) is 5.56 Å². The minimum atomic E-state index is 0.819. The summed E-state index contributed by atoms with van der Waals surface area (Å²) in [4.78, 5) is 0. The lowest BCUT2D eigenvalue weighted by Gasteiger charge is -2.07. The SMILES string of the molecule is N#C/C=C/C(=C\C=N)c1cccc(-c2ccc3oc4ccc5ccccc5c4c3c2)c1. The fourth-order valence-corrected chi connectivity index (χ4v) is 4.07. The third-order valence-electron chi connectivity index (χ3n) is 5.49. The lowest BCUT2D eigenvalue weighted by molar-refractivity contribution is 0.669. The zero-order valence-electron chi connectivity index (χ0n) is 16.7. The van der Waals surface area contributed by atoms with Gasteiger partial charge in [0.15, 0.2) is 0 Å². The summed E-state index contributed by atoms with van der Waals surface area (Å²) in [6, 6.07) is 28.9. The Morgan fingerprint density at radius 3 is 2.55 bits per heavy atom. The van der Waals surface area contributed by atoms with Crippen LogP contribution in [0.15, 0.2) is 102 Å². The Morgan fingerprint density at radius 1 is 0.839 bits per heavy atom. The van der Waals surface area contributed by atoms with Crippen LogP contribution in [0.2, 0.25) is 0 Å². The average molecular weight is 398 g/mol. The molecule has 5 rings (SSSR count). The van der Waals surface area contributed by atoms with Crippen molar-refractivity contribution in [2.75, 3.05) is 0 Å². The fourth-order valence-electron chi connectivity index (χ4n) is 4.07. The van der Waals surface area contributed by atoms with Crippen LogP contribution in [-0.4, -0.2) is 6.21 Å². The van der Waals surface area contributed by atoms with Gasteiger partial charge in [-0.05, 0) is 69.5 Å². The molecule has 3 nitrogen and oxygen atoms in total. The molecule has 4 aromatic carbocycles. The first-order valence-electron chi connectivity index (χ1n) is 10.0. The van der Waals surface area contributed by atoms with Crippen molar-refractivity contribution in [3.8, 4) is 17.2 Å². The third kappa shape index (κ3) is 3.31. The molecule has 0 amide bonds. The molecule has 0 aliphatic carbocycles. The molecular weight excluding hydrogens is 380 g/mol. The monoisotopic (exact) mass is 398 g/mol. The number of nitriles is 1. The van der Waals surface area contributed by atoms with Gasteiger partial charge < -0.3 is 9.83 Å². The molecule has 1 N–H and O–H groups in total. The second kappa shape index (κ2) is 7.78. The summed E-state index contributed by atoms with van der Waals surface area (Å²) in [6.07, 6.45) is 6.07. The maximum atomic E-state index is 8.87. The van der Waals surface area contributed by atoms with Crippen LogP contribution < -0.4 is 0 Å². The minimum absolute atomic E-state index is 0.819. The van der Waals surface area contributed by atoms with Crippen molar-refractivity contribution >= 4 is 44.5 Å². The molecule has 5 aromatic rings. The van der Waals surface area contributed by atoms with Gasteiger partial charge in [0.05, 0.1) is 6.07 Å². The maximum absolute atomic E-state index is 8.87. The lowest BCUT2D eigenvalue weighted by Crippen LogP contribution is -1.85. The summed E-state index contributed by atoms with van der Waals surface area (Å²) >= 11 is 0. The van der Waals surface area contributed by atoms with Crippen molar-refractivity contribution in [3.05, 3.63) is 103 Å². The molecular formula is C28H18N2O. The number of furan rings is 1. The normalized spacial score (nSPS) is 12.0. The molecule has 0 saturated heterocycles. The third-order valence-corrected chi connectivity index (χ3v) is 5.49. The van der Waals surface area contributed by atoms with Gasteiger partial charge in [0.1, 0.15) is 11.2 Å². The van der Waals surface area contributed by atoms with Crippen LogP contribution in [0.4, 0.5) is 0 Å². The van der Waals surface area contributed by atoms with Crippen LogP contribution in [0.3, 0.4) is 0 Å². The Bertz CT molecular complexity index is 1560. The van der Waals surface area contributed by atoms with Crippen molar-refractivity contribution in [3.63, 3.8) is 0 Å². The zero-order valence-corrected chi connectivity index (χ0v) is 16.7. The van der Waals surface area contributed by atoms with Crippen LogP contribution in [0.5, 0.6) is 0 Å². The number of nitrogens with one attached hydrogen (secondary N) is 1. The van der Waals surface area contributed by atoms with Crippen molar-refractivity contribution in [1.29, 1.82) is 10.7 Å². The van der Waals surface area contributed by atoms with E-state index < -0.39 is 0 Å². The number of hydrogen-bond donors (Lipinski definition) is 1. The first-order valence-corrected chi connectivity index (χ1v) is 10.0. The van der Waals surface area contributed by atoms with Gasteiger partial charge in [-0.3, -0.25) is 0 Å². The van der Waals surface area contributed by atoms with Gasteiger partial charge in [0.2, 0.25) is 0 Å². The van der Waals surface area contributed by atoms with Crippen LogP contribution in [-0.2, 0) is 0 Å². The summed E-state index contributed by atoms with van der Waals surface area (Å²) < 4.78 is 6.12. The first-order chi connectivity index (χ1) is 15.3. The minimum Gasteiger partial charge on any atom is -0.456 e. The molecule has 0 atom stereocenters. The van der Waals surface area contributed by atoms with Gasteiger partial charge in [-0.25, -0.2) is 0 Å². The van der Waals surface area contributed by atoms with Gasteiger partial charge in [-0.2, -0.15) is 5.26 Å². The van der Waals surface area contributed by atoms with Crippen molar-refractivity contribution in [2.24, 2.45) is 0 Å². The number of rotatable bonds is 4. The van der Waals surface area contributed by atoms with E-state index in [1.165, 1.54) is 23.1 Å². The molecule has 0 bridgehead atoms. The molecule has 0 fully saturated rings. The summed E-state index contributed by atoms with van der Waals surface area (Å²) in [7, 11) is 0. The van der Waals surface area contributed by atoms with Crippen LogP contribution in [0.25, 0.3) is 49.4 Å². The topological polar surface area (TPSA) is 60.8 Å². The average Bonchev–Trinajstić information content (AvgIpc) is 3.20. The Balaban J connectivity index is 1.69. The number of allylic oxidation sites excluding steroid dienone is 4. The molecule has 0 aliphatic rings. The maximum Gasteiger partial charge on any atom is 0.136 e. The van der Waals surface area contributed by atoms with E-state index in [1.54, 1.807) is 12.2 Å². The molecule has 0 unspecified atom stereocenters. The fraction of sp³-hybridized carbons (Fsp3) is 0. The summed E-state index contributed by atoms with van der Waals surface area (Å²) in [5.74, 6) is 0. The lowest BCUT2D eigenvalue weighted by atomic mass is 9.97. The van der Waals surface area contributed by atoms with Crippen LogP contribution >= 0.6 is 0 Å². The van der Waals surface area contributed by atoms with E-state index in [0.29, 0.717) is 0 Å². The first kappa shape index (κ1) is 18.6. The Morgan fingerprint density at radius 2 is 1.68 bits per heavy atom. The van der Waals surface area contributed by atoms with Gasteiger partial charge in [0, 0.05) is 23.1 Å². The predicted molar refractivity (Wildman–Crippen MR) is 128 cm³/mol. The van der Waals surface area contributed by atoms with Crippen molar-refractivity contribution in [1.82, 2.24) is 0 Å². The van der Waals surface area contributed by atoms with E-state index in [4.69, 9.17) is 15.1 Å². The summed E-state index contributed by atoms with van der Waals surface area (Å²) in [5.41, 5.74) is 5.68. The smallest absolute Gasteiger partial charge is 0.136 e. The standard InChI is InChI=1S/C28H18N2O/c29-15-4-8-19(14-16-30)21-6-3-7-22(17-21)23-11-12-26-25(18-23)28-24-9-2-1-5-20(24)10-13-27(28)31-26/h1-14,16-18,30H/b8-4+,19-14+,30-16?. The Kier molecular flexibility index (Phi) is 4.67. The van der Waals surface area contributed by atoms with E-state index in [1.807, 2.05) is 36.4 Å². The predicted octanol–water partition coefficient (Wildman–Crippen LogP) is 7.52. The van der Waals surface area contributed by atoms with E-state index >= 15 is 0 Å². The molecule has 31 heavy (non-hydrogen) atoms. The van der Waals surface area contributed by atoms with Crippen molar-refractivity contribution in [2.45, 2.75) is 0 Å². The summed E-state index contributed by atoms with van der Waals surface area (Å²) in [5, 5.41) is 20.9. The number of fused-ring (bicyclic) bond motifs is 5. The Hall–Kier alpha value is -4.42. The van der Waals surface area contributed by atoms with Gasteiger partial charge in [0.25, 0.3) is 0 Å². The number of nitrogens with zero attached hydrogens (tertiary/aromatic N) is 1. The van der Waals surface area contributed by atoms with E-state index in [2.05, 4.69) is 48.5 Å². The molecule has 0 radical (unpaired) electrons. The Labute approximate surface area is 179 Å². The molecule has 3 heteroatoms. The van der Waals surface area contributed by atoms with E-state index in [-0.39, 0.29) is 0 Å². The molecule has 0 saturated carbocycles. The molecule has 0 aliphatic heterocycles. The van der Waals surface area contributed by atoms with E-state index in [0.717, 1.165) is 44.2 Å². The molecule has 0 spiro atoms. The molecule has 1 heterocycles. The second-order valence-corrected chi connectivity index (χ2v) is 7.30. The van der Waals surface area contributed by atoms with Crippen LogP contribution in [0, 0.1) is 16.7 Å². The van der Waals surface area contributed by atoms with E-state index in [9.17, 15) is 0 Å². The highest BCUT2D eigenvalue weighted by Crippen LogP contribution is 2.37. The molecule has 1 aromatic heterocycles. The number of benzene rings is 4. The second-order valence-electron chi connectivity index (χ2n) is 7.30. The van der Waals surface area contributed by atoms with Gasteiger partial charge in [-0.15, -0.1) is 0 Å². The largest absolute Gasteiger partial charge is 0.456 e. The highest BCUT2D eigenvalue weighted by Gasteiger charge is 2.12. The number of hydrogen-bond acceptors (Lipinski definition) is 3. The highest BCUT2D eigenvalue weighted by atomic mass is 16.3. The molecule has 146 valence electrons. The summed E-state index contributed by atoms with van der Waals surface area (Å²) in [6.45, 7) is 0. The highest BCUT2D eigenvalue weighted by molar-refractivity contribution is 6.19. The van der Waals surface area contributed by atoms with Crippen molar-refractivity contribution < 1.29 is 4.42 Å². The van der Waals surface area contributed by atoms with Gasteiger partial charge in [-0.1, -0.05) is 54.6 Å². The van der Waals surface area contributed by atoms with Gasteiger partial charge >= 0.3 is 0 Å². The zero-order chi connectivity index (χ0) is 21.2.